The molecular formula is C18H21BrN2O2S. The van der Waals surface area contributed by atoms with Crippen LogP contribution in [0.1, 0.15) is 12.5 Å². The summed E-state index contributed by atoms with van der Waals surface area (Å²) in [5, 5.41) is 6.96. The third-order valence-electron chi connectivity index (χ3n) is 3.36. The second kappa shape index (κ2) is 9.49. The highest BCUT2D eigenvalue weighted by Crippen LogP contribution is 2.24. The fourth-order valence-electron chi connectivity index (χ4n) is 2.27. The maximum atomic E-state index is 5.58. The van der Waals surface area contributed by atoms with Crippen molar-refractivity contribution in [2.24, 2.45) is 0 Å². The lowest BCUT2D eigenvalue weighted by Gasteiger charge is -2.14. The van der Waals surface area contributed by atoms with Crippen molar-refractivity contribution in [3.63, 3.8) is 0 Å². The first-order chi connectivity index (χ1) is 11.6. The zero-order valence-corrected chi connectivity index (χ0v) is 16.2. The summed E-state index contributed by atoms with van der Waals surface area (Å²) in [5.74, 6) is 1.67. The van der Waals surface area contributed by atoms with Gasteiger partial charge in [-0.15, -0.1) is 0 Å². The number of methoxy groups -OCH3 is 1. The molecule has 0 aliphatic rings. The Morgan fingerprint density at radius 1 is 1.17 bits per heavy atom. The van der Waals surface area contributed by atoms with Gasteiger partial charge in [-0.3, -0.25) is 0 Å². The first kappa shape index (κ1) is 18.5. The molecule has 2 N–H and O–H groups in total. The average Bonchev–Trinajstić information content (AvgIpc) is 2.57. The predicted octanol–water partition coefficient (Wildman–Crippen LogP) is 4.39. The number of hydrogen-bond donors (Lipinski definition) is 2. The van der Waals surface area contributed by atoms with Gasteiger partial charge in [0.05, 0.1) is 19.4 Å². The van der Waals surface area contributed by atoms with Crippen LogP contribution in [-0.4, -0.2) is 25.4 Å². The second-order valence-electron chi connectivity index (χ2n) is 5.02. The first-order valence-electron chi connectivity index (χ1n) is 7.73. The highest BCUT2D eigenvalue weighted by molar-refractivity contribution is 9.10. The Labute approximate surface area is 156 Å². The second-order valence-corrected chi connectivity index (χ2v) is 6.34. The highest BCUT2D eigenvalue weighted by atomic mass is 79.9. The number of nitrogens with one attached hydrogen (secondary N) is 2. The molecule has 0 unspecified atom stereocenters. The van der Waals surface area contributed by atoms with E-state index in [0.717, 1.165) is 33.6 Å². The summed E-state index contributed by atoms with van der Waals surface area (Å²) in [6.07, 6.45) is 0.803. The zero-order valence-electron chi connectivity index (χ0n) is 13.8. The van der Waals surface area contributed by atoms with Crippen molar-refractivity contribution in [1.29, 1.82) is 0 Å². The van der Waals surface area contributed by atoms with E-state index in [-0.39, 0.29) is 0 Å². The molecule has 128 valence electrons. The maximum absolute atomic E-state index is 5.58. The van der Waals surface area contributed by atoms with Crippen LogP contribution in [0.2, 0.25) is 0 Å². The van der Waals surface area contributed by atoms with Crippen LogP contribution in [0, 0.1) is 0 Å². The van der Waals surface area contributed by atoms with Gasteiger partial charge in [-0.2, -0.15) is 0 Å². The van der Waals surface area contributed by atoms with E-state index in [9.17, 15) is 0 Å². The van der Waals surface area contributed by atoms with Crippen LogP contribution in [-0.2, 0) is 6.42 Å². The SMILES string of the molecule is CCOc1ccccc1NC(=S)NCCc1cc(Br)ccc1OC. The zero-order chi connectivity index (χ0) is 17.4. The fraction of sp³-hybridized carbons (Fsp3) is 0.278. The highest BCUT2D eigenvalue weighted by Gasteiger charge is 2.06. The van der Waals surface area contributed by atoms with Gasteiger partial charge in [0, 0.05) is 11.0 Å². The van der Waals surface area contributed by atoms with E-state index in [4.69, 9.17) is 21.7 Å². The van der Waals surface area contributed by atoms with Crippen LogP contribution >= 0.6 is 28.1 Å². The molecule has 0 atom stereocenters. The maximum Gasteiger partial charge on any atom is 0.170 e. The molecule has 0 fully saturated rings. The van der Waals surface area contributed by atoms with E-state index in [1.54, 1.807) is 7.11 Å². The van der Waals surface area contributed by atoms with E-state index in [1.165, 1.54) is 0 Å². The standard InChI is InChI=1S/C18H21BrN2O2S/c1-3-23-17-7-5-4-6-15(17)21-18(24)20-11-10-13-12-14(19)8-9-16(13)22-2/h4-9,12H,3,10-11H2,1-2H3,(H2,20,21,24). The lowest BCUT2D eigenvalue weighted by atomic mass is 10.1. The van der Waals surface area contributed by atoms with Gasteiger partial charge in [0.25, 0.3) is 0 Å². The molecule has 4 nitrogen and oxygen atoms in total. The molecule has 0 radical (unpaired) electrons. The molecule has 0 bridgehead atoms. The van der Waals surface area contributed by atoms with Crippen molar-refractivity contribution in [2.75, 3.05) is 25.6 Å². The number of para-hydroxylation sites is 2. The molecule has 2 rings (SSSR count). The van der Waals surface area contributed by atoms with Gasteiger partial charge in [0.1, 0.15) is 11.5 Å². The molecule has 0 aromatic heterocycles. The summed E-state index contributed by atoms with van der Waals surface area (Å²) in [4.78, 5) is 0. The van der Waals surface area contributed by atoms with E-state index < -0.39 is 0 Å². The third kappa shape index (κ3) is 5.39. The summed E-state index contributed by atoms with van der Waals surface area (Å²) in [6, 6.07) is 13.7. The smallest absolute Gasteiger partial charge is 0.170 e. The Kier molecular flexibility index (Phi) is 7.34. The largest absolute Gasteiger partial charge is 0.496 e. The van der Waals surface area contributed by atoms with Crippen LogP contribution in [0.25, 0.3) is 0 Å². The average molecular weight is 409 g/mol. The Balaban J connectivity index is 1.89. The van der Waals surface area contributed by atoms with Gasteiger partial charge in [-0.1, -0.05) is 28.1 Å². The van der Waals surface area contributed by atoms with Crippen molar-refractivity contribution in [2.45, 2.75) is 13.3 Å². The van der Waals surface area contributed by atoms with Crippen LogP contribution in [0.3, 0.4) is 0 Å². The van der Waals surface area contributed by atoms with Crippen LogP contribution in [0.4, 0.5) is 5.69 Å². The summed E-state index contributed by atoms with van der Waals surface area (Å²) in [6.45, 7) is 3.27. The van der Waals surface area contributed by atoms with Gasteiger partial charge in [0.15, 0.2) is 5.11 Å². The number of rotatable bonds is 7. The number of benzene rings is 2. The van der Waals surface area contributed by atoms with Crippen molar-refractivity contribution >= 4 is 38.9 Å². The molecule has 0 spiro atoms. The Morgan fingerprint density at radius 2 is 1.96 bits per heavy atom. The van der Waals surface area contributed by atoms with Gasteiger partial charge in [-0.25, -0.2) is 0 Å². The lowest BCUT2D eigenvalue weighted by molar-refractivity contribution is 0.342. The molecule has 0 saturated carbocycles. The molecule has 2 aromatic rings. The topological polar surface area (TPSA) is 42.5 Å². The molecule has 2 aromatic carbocycles. The number of anilines is 1. The van der Waals surface area contributed by atoms with Gasteiger partial charge in [0.2, 0.25) is 0 Å². The van der Waals surface area contributed by atoms with Crippen molar-refractivity contribution in [1.82, 2.24) is 5.32 Å². The van der Waals surface area contributed by atoms with Crippen molar-refractivity contribution < 1.29 is 9.47 Å². The number of thiocarbonyl (C=S) groups is 1. The van der Waals surface area contributed by atoms with E-state index in [1.807, 2.05) is 43.3 Å². The molecule has 0 amide bonds. The normalized spacial score (nSPS) is 10.1. The summed E-state index contributed by atoms with van der Waals surface area (Å²) in [7, 11) is 1.68. The van der Waals surface area contributed by atoms with E-state index >= 15 is 0 Å². The summed E-state index contributed by atoms with van der Waals surface area (Å²) in [5.41, 5.74) is 1.98. The molecular weight excluding hydrogens is 388 g/mol. The molecule has 6 heteroatoms. The van der Waals surface area contributed by atoms with Gasteiger partial charge in [-0.05, 0) is 61.5 Å². The van der Waals surface area contributed by atoms with Crippen LogP contribution in [0.15, 0.2) is 46.9 Å². The van der Waals surface area contributed by atoms with Crippen molar-refractivity contribution in [3.05, 3.63) is 52.5 Å². The molecule has 24 heavy (non-hydrogen) atoms. The Hall–Kier alpha value is -1.79. The van der Waals surface area contributed by atoms with Crippen LogP contribution in [0.5, 0.6) is 11.5 Å². The summed E-state index contributed by atoms with van der Waals surface area (Å²) < 4.78 is 12.0. The minimum atomic E-state index is 0.566. The molecule has 0 aliphatic heterocycles. The van der Waals surface area contributed by atoms with E-state index in [2.05, 4.69) is 32.6 Å². The fourth-order valence-corrected chi connectivity index (χ4v) is 2.89. The monoisotopic (exact) mass is 408 g/mol. The number of ether oxygens (including phenoxy) is 2. The quantitative estimate of drug-likeness (QED) is 0.665. The Morgan fingerprint density at radius 3 is 2.71 bits per heavy atom. The molecule has 0 heterocycles. The van der Waals surface area contributed by atoms with E-state index in [0.29, 0.717) is 18.3 Å². The number of halogens is 1. The van der Waals surface area contributed by atoms with Crippen molar-refractivity contribution in [3.8, 4) is 11.5 Å². The molecule has 0 saturated heterocycles. The predicted molar refractivity (Wildman–Crippen MR) is 106 cm³/mol. The first-order valence-corrected chi connectivity index (χ1v) is 8.93. The summed E-state index contributed by atoms with van der Waals surface area (Å²) >= 11 is 8.85. The van der Waals surface area contributed by atoms with Gasteiger partial charge >= 0.3 is 0 Å². The number of hydrogen-bond acceptors (Lipinski definition) is 3. The van der Waals surface area contributed by atoms with Crippen LogP contribution < -0.4 is 20.1 Å². The Bertz CT molecular complexity index is 694. The minimum absolute atomic E-state index is 0.566. The van der Waals surface area contributed by atoms with Gasteiger partial charge < -0.3 is 20.1 Å². The minimum Gasteiger partial charge on any atom is -0.496 e. The molecule has 0 aliphatic carbocycles. The third-order valence-corrected chi connectivity index (χ3v) is 4.10. The lowest BCUT2D eigenvalue weighted by Crippen LogP contribution is -2.30.